The second kappa shape index (κ2) is 7.08. The molecular weight excluding hydrogens is 234 g/mol. The van der Waals surface area contributed by atoms with Crippen molar-refractivity contribution in [1.82, 2.24) is 5.32 Å². The Kier molecular flexibility index (Phi) is 5.70. The first kappa shape index (κ1) is 15.3. The quantitative estimate of drug-likeness (QED) is 0.663. The van der Waals surface area contributed by atoms with Gasteiger partial charge in [0, 0.05) is 24.1 Å². The van der Waals surface area contributed by atoms with Crippen LogP contribution in [-0.4, -0.2) is 24.8 Å². The van der Waals surface area contributed by atoms with E-state index in [1.807, 2.05) is 0 Å². The minimum absolute atomic E-state index is 0.495. The first-order valence-electron chi connectivity index (χ1n) is 8.60. The predicted octanol–water partition coefficient (Wildman–Crippen LogP) is 4.28. The molecule has 0 bridgehead atoms. The van der Waals surface area contributed by atoms with Crippen molar-refractivity contribution in [2.75, 3.05) is 6.61 Å². The molecule has 2 nitrogen and oxygen atoms in total. The van der Waals surface area contributed by atoms with Crippen LogP contribution in [-0.2, 0) is 4.74 Å². The van der Waals surface area contributed by atoms with Gasteiger partial charge in [-0.1, -0.05) is 39.0 Å². The Morgan fingerprint density at radius 3 is 2.58 bits per heavy atom. The molecule has 0 amide bonds. The Hall–Kier alpha value is -0.0800. The van der Waals surface area contributed by atoms with Gasteiger partial charge in [-0.3, -0.25) is 0 Å². The molecule has 1 N–H and O–H groups in total. The third-order valence-electron chi connectivity index (χ3n) is 5.41. The van der Waals surface area contributed by atoms with E-state index in [1.165, 1.54) is 57.8 Å². The maximum atomic E-state index is 5.99. The minimum atomic E-state index is 0.495. The second-order valence-corrected chi connectivity index (χ2v) is 6.74. The molecule has 3 unspecified atom stereocenters. The highest BCUT2D eigenvalue weighted by atomic mass is 16.5. The van der Waals surface area contributed by atoms with E-state index in [-0.39, 0.29) is 0 Å². The monoisotopic (exact) mass is 267 g/mol. The number of unbranched alkanes of at least 4 members (excludes halogenated alkanes) is 2. The van der Waals surface area contributed by atoms with Gasteiger partial charge in [0.25, 0.3) is 0 Å². The van der Waals surface area contributed by atoms with E-state index in [9.17, 15) is 0 Å². The van der Waals surface area contributed by atoms with Gasteiger partial charge >= 0.3 is 0 Å². The van der Waals surface area contributed by atoms with Gasteiger partial charge in [0.05, 0.1) is 6.10 Å². The number of hydrogen-bond donors (Lipinski definition) is 1. The van der Waals surface area contributed by atoms with E-state index in [0.717, 1.165) is 12.6 Å². The van der Waals surface area contributed by atoms with E-state index in [4.69, 9.17) is 4.74 Å². The molecule has 0 aromatic heterocycles. The summed E-state index contributed by atoms with van der Waals surface area (Å²) >= 11 is 0. The molecule has 2 heteroatoms. The fraction of sp³-hybridized carbons (Fsp3) is 1.00. The highest BCUT2D eigenvalue weighted by Gasteiger charge is 2.56. The van der Waals surface area contributed by atoms with Gasteiger partial charge in [0.2, 0.25) is 0 Å². The molecule has 1 spiro atoms. The molecule has 2 aliphatic rings. The van der Waals surface area contributed by atoms with Crippen molar-refractivity contribution in [3.63, 3.8) is 0 Å². The lowest BCUT2D eigenvalue weighted by molar-refractivity contribution is -0.132. The molecule has 0 aromatic rings. The van der Waals surface area contributed by atoms with Crippen LogP contribution in [0.25, 0.3) is 0 Å². The summed E-state index contributed by atoms with van der Waals surface area (Å²) in [5.74, 6) is 0. The van der Waals surface area contributed by atoms with Crippen molar-refractivity contribution >= 4 is 0 Å². The van der Waals surface area contributed by atoms with Crippen molar-refractivity contribution in [3.8, 4) is 0 Å². The zero-order valence-electron chi connectivity index (χ0n) is 13.2. The number of hydrogen-bond acceptors (Lipinski definition) is 2. The predicted molar refractivity (Wildman–Crippen MR) is 81.5 cm³/mol. The Morgan fingerprint density at radius 2 is 1.95 bits per heavy atom. The van der Waals surface area contributed by atoms with Crippen LogP contribution in [0.3, 0.4) is 0 Å². The molecule has 2 saturated carbocycles. The number of nitrogens with one attached hydrogen (secondary N) is 1. The van der Waals surface area contributed by atoms with Gasteiger partial charge in [0.1, 0.15) is 0 Å². The third-order valence-corrected chi connectivity index (χ3v) is 5.41. The van der Waals surface area contributed by atoms with Crippen LogP contribution in [0.2, 0.25) is 0 Å². The van der Waals surface area contributed by atoms with Gasteiger partial charge in [-0.05, 0) is 39.5 Å². The van der Waals surface area contributed by atoms with Crippen molar-refractivity contribution in [2.24, 2.45) is 5.41 Å². The minimum Gasteiger partial charge on any atom is -0.378 e. The molecule has 19 heavy (non-hydrogen) atoms. The molecular formula is C17H33NO. The van der Waals surface area contributed by atoms with Crippen LogP contribution in [0.5, 0.6) is 0 Å². The Balaban J connectivity index is 1.80. The number of rotatable bonds is 8. The maximum Gasteiger partial charge on any atom is 0.0661 e. The highest BCUT2D eigenvalue weighted by molar-refractivity contribution is 5.10. The van der Waals surface area contributed by atoms with Crippen LogP contribution in [0.1, 0.15) is 78.6 Å². The molecule has 112 valence electrons. The summed E-state index contributed by atoms with van der Waals surface area (Å²) < 4.78 is 5.99. The lowest BCUT2D eigenvalue weighted by Gasteiger charge is -2.55. The molecule has 2 rings (SSSR count). The second-order valence-electron chi connectivity index (χ2n) is 6.74. The van der Waals surface area contributed by atoms with E-state index in [2.05, 4.69) is 26.1 Å². The summed E-state index contributed by atoms with van der Waals surface area (Å²) in [5, 5.41) is 3.92. The molecule has 0 radical (unpaired) electrons. The summed E-state index contributed by atoms with van der Waals surface area (Å²) in [6, 6.07) is 1.40. The Bertz CT molecular complexity index is 260. The fourth-order valence-electron chi connectivity index (χ4n) is 4.25. The molecule has 3 atom stereocenters. The molecule has 0 aliphatic heterocycles. The molecule has 2 aliphatic carbocycles. The third kappa shape index (κ3) is 3.33. The van der Waals surface area contributed by atoms with Crippen LogP contribution >= 0.6 is 0 Å². The van der Waals surface area contributed by atoms with Crippen LogP contribution in [0.15, 0.2) is 0 Å². The van der Waals surface area contributed by atoms with E-state index in [0.29, 0.717) is 17.6 Å². The van der Waals surface area contributed by atoms with Crippen LogP contribution in [0.4, 0.5) is 0 Å². The van der Waals surface area contributed by atoms with Gasteiger partial charge in [0.15, 0.2) is 0 Å². The standard InChI is InChI=1S/C17H33NO/c1-4-6-7-10-14(3)18-15-13-16(19-5-2)17(15)11-8-9-12-17/h14-16,18H,4-13H2,1-3H3. The topological polar surface area (TPSA) is 21.3 Å². The normalized spacial score (nSPS) is 30.5. The van der Waals surface area contributed by atoms with Gasteiger partial charge in [-0.25, -0.2) is 0 Å². The van der Waals surface area contributed by atoms with E-state index < -0.39 is 0 Å². The smallest absolute Gasteiger partial charge is 0.0661 e. The zero-order valence-corrected chi connectivity index (χ0v) is 13.2. The number of ether oxygens (including phenoxy) is 1. The average molecular weight is 267 g/mol. The van der Waals surface area contributed by atoms with Gasteiger partial charge in [-0.2, -0.15) is 0 Å². The lowest BCUT2D eigenvalue weighted by atomic mass is 9.60. The summed E-state index contributed by atoms with van der Waals surface area (Å²) in [6.45, 7) is 7.67. The molecule has 0 aromatic carbocycles. The first-order chi connectivity index (χ1) is 9.23. The Labute approximate surface area is 119 Å². The van der Waals surface area contributed by atoms with E-state index >= 15 is 0 Å². The van der Waals surface area contributed by atoms with Crippen molar-refractivity contribution < 1.29 is 4.74 Å². The van der Waals surface area contributed by atoms with E-state index in [1.54, 1.807) is 0 Å². The largest absolute Gasteiger partial charge is 0.378 e. The maximum absolute atomic E-state index is 5.99. The van der Waals surface area contributed by atoms with Crippen molar-refractivity contribution in [1.29, 1.82) is 0 Å². The lowest BCUT2D eigenvalue weighted by Crippen LogP contribution is -2.64. The molecule has 2 fully saturated rings. The first-order valence-corrected chi connectivity index (χ1v) is 8.60. The average Bonchev–Trinajstić information content (AvgIpc) is 2.90. The summed E-state index contributed by atoms with van der Waals surface area (Å²) in [6.07, 6.45) is 12.8. The van der Waals surface area contributed by atoms with Crippen LogP contribution in [0, 0.1) is 5.41 Å². The van der Waals surface area contributed by atoms with Crippen molar-refractivity contribution in [3.05, 3.63) is 0 Å². The van der Waals surface area contributed by atoms with Gasteiger partial charge < -0.3 is 10.1 Å². The fourth-order valence-corrected chi connectivity index (χ4v) is 4.25. The Morgan fingerprint density at radius 1 is 1.21 bits per heavy atom. The summed E-state index contributed by atoms with van der Waals surface area (Å²) in [4.78, 5) is 0. The van der Waals surface area contributed by atoms with Crippen molar-refractivity contribution in [2.45, 2.75) is 96.7 Å². The molecule has 0 heterocycles. The summed E-state index contributed by atoms with van der Waals surface area (Å²) in [5.41, 5.74) is 0.495. The zero-order chi connectivity index (χ0) is 13.7. The van der Waals surface area contributed by atoms with Crippen LogP contribution < -0.4 is 5.32 Å². The SMILES string of the molecule is CCCCCC(C)NC1CC(OCC)C12CCCC2. The highest BCUT2D eigenvalue weighted by Crippen LogP contribution is 2.54. The summed E-state index contributed by atoms with van der Waals surface area (Å²) in [7, 11) is 0. The molecule has 0 saturated heterocycles. The van der Waals surface area contributed by atoms with Gasteiger partial charge in [-0.15, -0.1) is 0 Å².